The third kappa shape index (κ3) is 2.60. The Hall–Kier alpha value is -2.08. The summed E-state index contributed by atoms with van der Waals surface area (Å²) in [7, 11) is 0. The Bertz CT molecular complexity index is 641. The SMILES string of the molecule is NCc1ccc(Cn2ncc(N3CCCC3)cc2=O)o1. The number of anilines is 1. The first-order valence-corrected chi connectivity index (χ1v) is 6.86. The van der Waals surface area contributed by atoms with Crippen LogP contribution in [0.25, 0.3) is 0 Å². The molecule has 1 aliphatic heterocycles. The Balaban J connectivity index is 1.78. The maximum atomic E-state index is 12.1. The van der Waals surface area contributed by atoms with Crippen LogP contribution in [-0.2, 0) is 13.1 Å². The summed E-state index contributed by atoms with van der Waals surface area (Å²) in [4.78, 5) is 14.3. The van der Waals surface area contributed by atoms with Crippen LogP contribution in [0.2, 0.25) is 0 Å². The van der Waals surface area contributed by atoms with Gasteiger partial charge in [0.1, 0.15) is 18.1 Å². The van der Waals surface area contributed by atoms with Gasteiger partial charge in [0.2, 0.25) is 0 Å². The molecule has 3 heterocycles. The lowest BCUT2D eigenvalue weighted by Crippen LogP contribution is -2.26. The first-order chi connectivity index (χ1) is 9.76. The van der Waals surface area contributed by atoms with E-state index in [0.717, 1.165) is 18.8 Å². The third-order valence-corrected chi connectivity index (χ3v) is 3.55. The molecule has 1 aliphatic rings. The maximum Gasteiger partial charge on any atom is 0.269 e. The topological polar surface area (TPSA) is 77.3 Å². The molecule has 0 spiro atoms. The van der Waals surface area contributed by atoms with Gasteiger partial charge in [0.15, 0.2) is 0 Å². The van der Waals surface area contributed by atoms with Crippen molar-refractivity contribution in [1.29, 1.82) is 0 Å². The van der Waals surface area contributed by atoms with Crippen molar-refractivity contribution < 1.29 is 4.42 Å². The number of rotatable bonds is 4. The van der Waals surface area contributed by atoms with Gasteiger partial charge in [0.25, 0.3) is 5.56 Å². The molecule has 6 nitrogen and oxygen atoms in total. The van der Waals surface area contributed by atoms with Gasteiger partial charge in [-0.2, -0.15) is 5.10 Å². The molecule has 0 atom stereocenters. The fourth-order valence-electron chi connectivity index (χ4n) is 2.46. The van der Waals surface area contributed by atoms with E-state index >= 15 is 0 Å². The van der Waals surface area contributed by atoms with Gasteiger partial charge in [-0.1, -0.05) is 0 Å². The van der Waals surface area contributed by atoms with Crippen molar-refractivity contribution in [3.8, 4) is 0 Å². The van der Waals surface area contributed by atoms with E-state index in [-0.39, 0.29) is 5.56 Å². The van der Waals surface area contributed by atoms with Crippen LogP contribution >= 0.6 is 0 Å². The van der Waals surface area contributed by atoms with Gasteiger partial charge in [-0.15, -0.1) is 0 Å². The van der Waals surface area contributed by atoms with Gasteiger partial charge in [0, 0.05) is 19.2 Å². The molecular formula is C14H18N4O2. The minimum atomic E-state index is -0.111. The molecule has 20 heavy (non-hydrogen) atoms. The quantitative estimate of drug-likeness (QED) is 0.898. The van der Waals surface area contributed by atoms with Crippen LogP contribution in [0.1, 0.15) is 24.4 Å². The molecule has 6 heteroatoms. The van der Waals surface area contributed by atoms with E-state index in [2.05, 4.69) is 10.00 Å². The van der Waals surface area contributed by atoms with Crippen molar-refractivity contribution in [3.05, 3.63) is 46.3 Å². The predicted molar refractivity (Wildman–Crippen MR) is 75.6 cm³/mol. The first kappa shape index (κ1) is 12.9. The van der Waals surface area contributed by atoms with Crippen LogP contribution in [0, 0.1) is 0 Å². The Morgan fingerprint density at radius 1 is 1.25 bits per heavy atom. The van der Waals surface area contributed by atoms with Gasteiger partial charge in [-0.25, -0.2) is 4.68 Å². The molecule has 0 unspecified atom stereocenters. The molecule has 3 rings (SSSR count). The van der Waals surface area contributed by atoms with Crippen molar-refractivity contribution in [2.45, 2.75) is 25.9 Å². The minimum Gasteiger partial charge on any atom is -0.463 e. The van der Waals surface area contributed by atoms with E-state index in [1.807, 2.05) is 12.1 Å². The summed E-state index contributed by atoms with van der Waals surface area (Å²) in [5.41, 5.74) is 6.29. The molecule has 2 aromatic heterocycles. The molecule has 0 radical (unpaired) electrons. The largest absolute Gasteiger partial charge is 0.463 e. The highest BCUT2D eigenvalue weighted by Gasteiger charge is 2.14. The number of hydrogen-bond acceptors (Lipinski definition) is 5. The fraction of sp³-hybridized carbons (Fsp3) is 0.429. The molecule has 0 aromatic carbocycles. The van der Waals surface area contributed by atoms with Crippen molar-refractivity contribution >= 4 is 5.69 Å². The normalized spacial score (nSPS) is 14.9. The highest BCUT2D eigenvalue weighted by molar-refractivity contribution is 5.43. The first-order valence-electron chi connectivity index (χ1n) is 6.86. The van der Waals surface area contributed by atoms with Crippen molar-refractivity contribution in [2.75, 3.05) is 18.0 Å². The zero-order valence-electron chi connectivity index (χ0n) is 11.3. The molecule has 0 saturated carbocycles. The second-order valence-electron chi connectivity index (χ2n) is 4.98. The highest BCUT2D eigenvalue weighted by Crippen LogP contribution is 2.17. The van der Waals surface area contributed by atoms with E-state index < -0.39 is 0 Å². The van der Waals surface area contributed by atoms with E-state index in [9.17, 15) is 4.79 Å². The molecule has 0 aliphatic carbocycles. The maximum absolute atomic E-state index is 12.1. The van der Waals surface area contributed by atoms with Crippen LogP contribution < -0.4 is 16.2 Å². The van der Waals surface area contributed by atoms with Crippen LogP contribution in [0.4, 0.5) is 5.69 Å². The molecule has 2 N–H and O–H groups in total. The summed E-state index contributed by atoms with van der Waals surface area (Å²) in [6.45, 7) is 2.70. The third-order valence-electron chi connectivity index (χ3n) is 3.55. The van der Waals surface area contributed by atoms with E-state index in [4.69, 9.17) is 10.2 Å². The summed E-state index contributed by atoms with van der Waals surface area (Å²) in [5, 5.41) is 4.22. The number of hydrogen-bond donors (Lipinski definition) is 1. The standard InChI is InChI=1S/C14H18N4O2/c15-8-12-3-4-13(20-12)10-18-14(19)7-11(9-16-18)17-5-1-2-6-17/h3-4,7,9H,1-2,5-6,8,10,15H2. The van der Waals surface area contributed by atoms with E-state index in [1.165, 1.54) is 17.5 Å². The lowest BCUT2D eigenvalue weighted by Gasteiger charge is -2.16. The Morgan fingerprint density at radius 2 is 2.00 bits per heavy atom. The summed E-state index contributed by atoms with van der Waals surface area (Å²) in [6, 6.07) is 5.29. The molecule has 0 amide bonds. The Morgan fingerprint density at radius 3 is 2.65 bits per heavy atom. The zero-order chi connectivity index (χ0) is 13.9. The molecular weight excluding hydrogens is 256 g/mol. The molecule has 2 aromatic rings. The van der Waals surface area contributed by atoms with Gasteiger partial charge in [-0.3, -0.25) is 4.79 Å². The number of nitrogens with two attached hydrogens (primary N) is 1. The van der Waals surface area contributed by atoms with Crippen LogP contribution in [-0.4, -0.2) is 22.9 Å². The summed E-state index contributed by atoms with van der Waals surface area (Å²) in [5.74, 6) is 1.40. The molecule has 1 saturated heterocycles. The summed E-state index contributed by atoms with van der Waals surface area (Å²) < 4.78 is 6.89. The van der Waals surface area contributed by atoms with E-state index in [0.29, 0.717) is 24.6 Å². The van der Waals surface area contributed by atoms with Crippen LogP contribution in [0.15, 0.2) is 33.6 Å². The highest BCUT2D eigenvalue weighted by atomic mass is 16.3. The van der Waals surface area contributed by atoms with Crippen molar-refractivity contribution in [3.63, 3.8) is 0 Å². The second kappa shape index (κ2) is 5.50. The second-order valence-corrected chi connectivity index (χ2v) is 4.98. The number of furan rings is 1. The van der Waals surface area contributed by atoms with Crippen LogP contribution in [0.5, 0.6) is 0 Å². The summed E-state index contributed by atoms with van der Waals surface area (Å²) in [6.07, 6.45) is 4.11. The molecule has 106 valence electrons. The lowest BCUT2D eigenvalue weighted by molar-refractivity contribution is 0.440. The zero-order valence-corrected chi connectivity index (χ0v) is 11.3. The van der Waals surface area contributed by atoms with Gasteiger partial charge in [-0.05, 0) is 25.0 Å². The Kier molecular flexibility index (Phi) is 3.56. The lowest BCUT2D eigenvalue weighted by atomic mass is 10.4. The van der Waals surface area contributed by atoms with E-state index in [1.54, 1.807) is 12.3 Å². The fourth-order valence-corrected chi connectivity index (χ4v) is 2.46. The number of aromatic nitrogens is 2. The van der Waals surface area contributed by atoms with Crippen molar-refractivity contribution in [2.24, 2.45) is 5.73 Å². The van der Waals surface area contributed by atoms with Crippen LogP contribution in [0.3, 0.4) is 0 Å². The molecule has 0 bridgehead atoms. The summed E-state index contributed by atoms with van der Waals surface area (Å²) >= 11 is 0. The molecule has 1 fully saturated rings. The predicted octanol–water partition coefficient (Wildman–Crippen LogP) is 0.943. The average Bonchev–Trinajstić information content (AvgIpc) is 3.12. The number of nitrogens with zero attached hydrogens (tertiary/aromatic N) is 3. The monoisotopic (exact) mass is 274 g/mol. The van der Waals surface area contributed by atoms with Crippen molar-refractivity contribution in [1.82, 2.24) is 9.78 Å². The Labute approximate surface area is 116 Å². The van der Waals surface area contributed by atoms with Gasteiger partial charge in [0.05, 0.1) is 18.4 Å². The minimum absolute atomic E-state index is 0.111. The average molecular weight is 274 g/mol. The smallest absolute Gasteiger partial charge is 0.269 e. The van der Waals surface area contributed by atoms with Gasteiger partial charge >= 0.3 is 0 Å². The van der Waals surface area contributed by atoms with Gasteiger partial charge < -0.3 is 15.1 Å².